The molecule has 1 amide bonds. The van der Waals surface area contributed by atoms with Gasteiger partial charge in [-0.1, -0.05) is 6.07 Å². The zero-order chi connectivity index (χ0) is 19.1. The van der Waals surface area contributed by atoms with Crippen molar-refractivity contribution in [3.63, 3.8) is 0 Å². The van der Waals surface area contributed by atoms with E-state index in [1.165, 1.54) is 0 Å². The molecule has 1 aromatic heterocycles. The molecule has 0 bridgehead atoms. The number of aromatic nitrogens is 1. The fourth-order valence-corrected chi connectivity index (χ4v) is 2.59. The summed E-state index contributed by atoms with van der Waals surface area (Å²) >= 11 is 0. The summed E-state index contributed by atoms with van der Waals surface area (Å²) in [6, 6.07) is 14.9. The van der Waals surface area contributed by atoms with E-state index in [0.29, 0.717) is 36.1 Å². The molecule has 0 radical (unpaired) electrons. The molecular weight excluding hydrogens is 344 g/mol. The molecule has 0 atom stereocenters. The largest absolute Gasteiger partial charge is 0.497 e. The Hall–Kier alpha value is -3.28. The van der Waals surface area contributed by atoms with Crippen LogP contribution in [0.15, 0.2) is 59.1 Å². The van der Waals surface area contributed by atoms with Crippen molar-refractivity contribution in [3.8, 4) is 22.8 Å². The second kappa shape index (κ2) is 8.89. The average Bonchev–Trinajstić information content (AvgIpc) is 3.16. The van der Waals surface area contributed by atoms with E-state index in [0.717, 1.165) is 11.3 Å². The van der Waals surface area contributed by atoms with Gasteiger partial charge >= 0.3 is 0 Å². The molecule has 0 fully saturated rings. The zero-order valence-corrected chi connectivity index (χ0v) is 15.4. The Morgan fingerprint density at radius 1 is 1.15 bits per heavy atom. The molecule has 0 unspecified atom stereocenters. The molecule has 0 spiro atoms. The zero-order valence-electron chi connectivity index (χ0n) is 15.4. The Kier molecular flexibility index (Phi) is 6.10. The molecule has 27 heavy (non-hydrogen) atoms. The molecule has 1 N–H and O–H groups in total. The third kappa shape index (κ3) is 5.10. The number of anilines is 1. The predicted molar refractivity (Wildman–Crippen MR) is 103 cm³/mol. The molecule has 0 aliphatic rings. The van der Waals surface area contributed by atoms with Crippen LogP contribution in [0.4, 0.5) is 5.69 Å². The van der Waals surface area contributed by atoms with Crippen LogP contribution in [0, 0.1) is 0 Å². The second-order valence-electron chi connectivity index (χ2n) is 5.86. The first-order chi connectivity index (χ1) is 13.2. The van der Waals surface area contributed by atoms with E-state index in [-0.39, 0.29) is 12.3 Å². The van der Waals surface area contributed by atoms with E-state index in [1.807, 2.05) is 49.4 Å². The number of oxazole rings is 1. The highest BCUT2D eigenvalue weighted by Gasteiger charge is 2.10. The first-order valence-electron chi connectivity index (χ1n) is 8.79. The number of nitrogens with zero attached hydrogens (tertiary/aromatic N) is 1. The summed E-state index contributed by atoms with van der Waals surface area (Å²) < 4.78 is 16.3. The van der Waals surface area contributed by atoms with Gasteiger partial charge in [0.05, 0.1) is 19.9 Å². The van der Waals surface area contributed by atoms with Gasteiger partial charge in [-0.3, -0.25) is 4.79 Å². The van der Waals surface area contributed by atoms with Gasteiger partial charge in [0.1, 0.15) is 11.5 Å². The van der Waals surface area contributed by atoms with Crippen LogP contribution in [0.5, 0.6) is 11.5 Å². The third-order valence-electron chi connectivity index (χ3n) is 3.92. The summed E-state index contributed by atoms with van der Waals surface area (Å²) in [7, 11) is 1.59. The van der Waals surface area contributed by atoms with Crippen LogP contribution in [0.2, 0.25) is 0 Å². The number of carbonyl (C=O) groups excluding carboxylic acids is 1. The number of ether oxygens (including phenoxy) is 2. The Morgan fingerprint density at radius 2 is 1.96 bits per heavy atom. The van der Waals surface area contributed by atoms with E-state index in [1.54, 1.807) is 19.4 Å². The van der Waals surface area contributed by atoms with Gasteiger partial charge in [-0.05, 0) is 43.3 Å². The first-order valence-corrected chi connectivity index (χ1v) is 8.79. The third-order valence-corrected chi connectivity index (χ3v) is 3.92. The molecular formula is C21H22N2O4. The minimum atomic E-state index is -0.107. The summed E-state index contributed by atoms with van der Waals surface area (Å²) in [5, 5.41) is 2.84. The van der Waals surface area contributed by atoms with Crippen LogP contribution in [0.25, 0.3) is 11.3 Å². The molecule has 0 aliphatic carbocycles. The number of carbonyl (C=O) groups is 1. The summed E-state index contributed by atoms with van der Waals surface area (Å²) in [5.74, 6) is 2.60. The van der Waals surface area contributed by atoms with Crippen molar-refractivity contribution >= 4 is 11.6 Å². The summed E-state index contributed by atoms with van der Waals surface area (Å²) in [5.41, 5.74) is 1.61. The van der Waals surface area contributed by atoms with Crippen LogP contribution in [-0.4, -0.2) is 24.6 Å². The highest BCUT2D eigenvalue weighted by atomic mass is 16.5. The lowest BCUT2D eigenvalue weighted by Gasteiger charge is -2.06. The van der Waals surface area contributed by atoms with Gasteiger partial charge in [0, 0.05) is 30.2 Å². The standard InChI is InChI=1S/C21H22N2O4/c1-3-26-17-9-7-15(8-10-17)19-14-22-21(27-19)12-11-20(24)23-16-5-4-6-18(13-16)25-2/h4-10,13-14H,3,11-12H2,1-2H3,(H,23,24). The number of rotatable bonds is 8. The van der Waals surface area contributed by atoms with Crippen molar-refractivity contribution in [1.82, 2.24) is 4.98 Å². The van der Waals surface area contributed by atoms with Crippen molar-refractivity contribution in [3.05, 3.63) is 60.6 Å². The second-order valence-corrected chi connectivity index (χ2v) is 5.86. The smallest absolute Gasteiger partial charge is 0.224 e. The number of methoxy groups -OCH3 is 1. The molecule has 6 nitrogen and oxygen atoms in total. The maximum absolute atomic E-state index is 12.1. The van der Waals surface area contributed by atoms with Crippen LogP contribution >= 0.6 is 0 Å². The van der Waals surface area contributed by atoms with Crippen molar-refractivity contribution in [2.24, 2.45) is 0 Å². The number of aryl methyl sites for hydroxylation is 1. The van der Waals surface area contributed by atoms with Gasteiger partial charge in [0.2, 0.25) is 5.91 Å². The number of nitrogens with one attached hydrogen (secondary N) is 1. The highest BCUT2D eigenvalue weighted by Crippen LogP contribution is 2.24. The van der Waals surface area contributed by atoms with Gasteiger partial charge in [0.15, 0.2) is 11.7 Å². The monoisotopic (exact) mass is 366 g/mol. The fraction of sp³-hybridized carbons (Fsp3) is 0.238. The number of hydrogen-bond acceptors (Lipinski definition) is 5. The topological polar surface area (TPSA) is 73.6 Å². The SMILES string of the molecule is CCOc1ccc(-c2cnc(CCC(=O)Nc3cccc(OC)c3)o2)cc1. The van der Waals surface area contributed by atoms with E-state index < -0.39 is 0 Å². The number of hydrogen-bond donors (Lipinski definition) is 1. The first kappa shape index (κ1) is 18.5. The molecule has 3 rings (SSSR count). The lowest BCUT2D eigenvalue weighted by atomic mass is 10.2. The fourth-order valence-electron chi connectivity index (χ4n) is 2.59. The minimum absolute atomic E-state index is 0.107. The minimum Gasteiger partial charge on any atom is -0.497 e. The number of benzene rings is 2. The Morgan fingerprint density at radius 3 is 2.70 bits per heavy atom. The maximum atomic E-state index is 12.1. The highest BCUT2D eigenvalue weighted by molar-refractivity contribution is 5.90. The lowest BCUT2D eigenvalue weighted by Crippen LogP contribution is -2.12. The lowest BCUT2D eigenvalue weighted by molar-refractivity contribution is -0.116. The summed E-state index contributed by atoms with van der Waals surface area (Å²) in [4.78, 5) is 16.4. The van der Waals surface area contributed by atoms with Crippen molar-refractivity contribution < 1.29 is 18.7 Å². The Labute approximate surface area is 158 Å². The van der Waals surface area contributed by atoms with Crippen molar-refractivity contribution in [2.45, 2.75) is 19.8 Å². The van der Waals surface area contributed by atoms with Crippen molar-refractivity contribution in [2.75, 3.05) is 19.0 Å². The average molecular weight is 366 g/mol. The molecule has 1 heterocycles. The Balaban J connectivity index is 1.55. The predicted octanol–water partition coefficient (Wildman–Crippen LogP) is 4.32. The van der Waals surface area contributed by atoms with Gasteiger partial charge in [0.25, 0.3) is 0 Å². The normalized spacial score (nSPS) is 10.4. The molecule has 0 saturated carbocycles. The number of amides is 1. The van der Waals surface area contributed by atoms with Crippen LogP contribution in [-0.2, 0) is 11.2 Å². The van der Waals surface area contributed by atoms with E-state index >= 15 is 0 Å². The maximum Gasteiger partial charge on any atom is 0.224 e. The van der Waals surface area contributed by atoms with Gasteiger partial charge < -0.3 is 19.2 Å². The van der Waals surface area contributed by atoms with E-state index in [9.17, 15) is 4.79 Å². The van der Waals surface area contributed by atoms with Gasteiger partial charge in [-0.2, -0.15) is 0 Å². The van der Waals surface area contributed by atoms with Crippen molar-refractivity contribution in [1.29, 1.82) is 0 Å². The molecule has 3 aromatic rings. The molecule has 2 aromatic carbocycles. The van der Waals surface area contributed by atoms with Crippen LogP contribution < -0.4 is 14.8 Å². The molecule has 6 heteroatoms. The Bertz CT molecular complexity index is 887. The summed E-state index contributed by atoms with van der Waals surface area (Å²) in [6.07, 6.45) is 2.37. The van der Waals surface area contributed by atoms with Crippen LogP contribution in [0.3, 0.4) is 0 Å². The summed E-state index contributed by atoms with van der Waals surface area (Å²) in [6.45, 7) is 2.57. The van der Waals surface area contributed by atoms with Gasteiger partial charge in [-0.15, -0.1) is 0 Å². The molecule has 140 valence electrons. The molecule has 0 aliphatic heterocycles. The van der Waals surface area contributed by atoms with E-state index in [2.05, 4.69) is 10.3 Å². The van der Waals surface area contributed by atoms with E-state index in [4.69, 9.17) is 13.9 Å². The van der Waals surface area contributed by atoms with Gasteiger partial charge in [-0.25, -0.2) is 4.98 Å². The molecule has 0 saturated heterocycles. The van der Waals surface area contributed by atoms with Crippen LogP contribution in [0.1, 0.15) is 19.2 Å². The quantitative estimate of drug-likeness (QED) is 0.643.